The van der Waals surface area contributed by atoms with Crippen LogP contribution in [0.4, 0.5) is 0 Å². The summed E-state index contributed by atoms with van der Waals surface area (Å²) in [6.07, 6.45) is 5.84. The molecule has 18 heavy (non-hydrogen) atoms. The van der Waals surface area contributed by atoms with Crippen molar-refractivity contribution in [3.8, 4) is 11.5 Å². The van der Waals surface area contributed by atoms with Crippen molar-refractivity contribution >= 4 is 28.1 Å². The predicted octanol–water partition coefficient (Wildman–Crippen LogP) is 2.97. The summed E-state index contributed by atoms with van der Waals surface area (Å²) < 4.78 is 10.6. The Kier molecular flexibility index (Phi) is 1.91. The molecule has 0 atom stereocenters. The van der Waals surface area contributed by atoms with E-state index in [-0.39, 0.29) is 6.79 Å². The van der Waals surface area contributed by atoms with E-state index >= 15 is 0 Å². The molecule has 0 saturated heterocycles. The Morgan fingerprint density at radius 1 is 1.11 bits per heavy atom. The number of ether oxygens (including phenoxy) is 2. The van der Waals surface area contributed by atoms with Gasteiger partial charge in [0.1, 0.15) is 5.15 Å². The molecule has 0 fully saturated rings. The molecule has 0 amide bonds. The Hall–Kier alpha value is -2.07. The third-order valence-electron chi connectivity index (χ3n) is 2.95. The highest BCUT2D eigenvalue weighted by molar-refractivity contribution is 6.34. The SMILES string of the molecule is Clc1nc(C2=CC=C2)nc2cc3c(cc12)OCO3. The van der Waals surface area contributed by atoms with Crippen molar-refractivity contribution in [1.29, 1.82) is 0 Å². The maximum Gasteiger partial charge on any atom is 0.231 e. The zero-order valence-electron chi connectivity index (χ0n) is 9.18. The van der Waals surface area contributed by atoms with E-state index in [2.05, 4.69) is 9.97 Å². The number of rotatable bonds is 1. The minimum absolute atomic E-state index is 0.234. The van der Waals surface area contributed by atoms with Crippen LogP contribution in [-0.4, -0.2) is 16.8 Å². The molecule has 0 bridgehead atoms. The zero-order valence-corrected chi connectivity index (χ0v) is 9.94. The summed E-state index contributed by atoms with van der Waals surface area (Å²) in [7, 11) is 0. The molecule has 2 heterocycles. The fourth-order valence-corrected chi connectivity index (χ4v) is 2.18. The van der Waals surface area contributed by atoms with Gasteiger partial charge in [-0.1, -0.05) is 29.8 Å². The molecule has 4 rings (SSSR count). The molecule has 0 N–H and O–H groups in total. The lowest BCUT2D eigenvalue weighted by Crippen LogP contribution is -1.97. The molecule has 1 aliphatic carbocycles. The lowest BCUT2D eigenvalue weighted by atomic mass is 10.1. The summed E-state index contributed by atoms with van der Waals surface area (Å²) in [5.74, 6) is 2.01. The summed E-state index contributed by atoms with van der Waals surface area (Å²) in [6.45, 7) is 0.234. The molecule has 0 unspecified atom stereocenters. The summed E-state index contributed by atoms with van der Waals surface area (Å²) >= 11 is 6.19. The number of aromatic nitrogens is 2. The number of fused-ring (bicyclic) bond motifs is 2. The van der Waals surface area contributed by atoms with E-state index in [0.29, 0.717) is 22.5 Å². The average molecular weight is 259 g/mol. The minimum Gasteiger partial charge on any atom is -0.454 e. The molecule has 1 aromatic heterocycles. The van der Waals surface area contributed by atoms with E-state index in [0.717, 1.165) is 16.5 Å². The number of hydrogen-bond donors (Lipinski definition) is 0. The zero-order chi connectivity index (χ0) is 12.1. The van der Waals surface area contributed by atoms with Crippen molar-refractivity contribution in [3.05, 3.63) is 41.3 Å². The Bertz CT molecular complexity index is 737. The smallest absolute Gasteiger partial charge is 0.231 e. The van der Waals surface area contributed by atoms with Gasteiger partial charge in [0.15, 0.2) is 17.3 Å². The first kappa shape index (κ1) is 9.91. The second-order valence-electron chi connectivity index (χ2n) is 4.04. The van der Waals surface area contributed by atoms with Crippen LogP contribution in [0, 0.1) is 0 Å². The lowest BCUT2D eigenvalue weighted by Gasteiger charge is -2.08. The van der Waals surface area contributed by atoms with Gasteiger partial charge in [0.25, 0.3) is 0 Å². The van der Waals surface area contributed by atoms with Gasteiger partial charge in [-0.25, -0.2) is 9.97 Å². The van der Waals surface area contributed by atoms with E-state index in [9.17, 15) is 0 Å². The summed E-state index contributed by atoms with van der Waals surface area (Å²) in [6, 6.07) is 3.65. The monoisotopic (exact) mass is 258 g/mol. The fraction of sp³-hybridized carbons (Fsp3) is 0.0769. The second-order valence-corrected chi connectivity index (χ2v) is 4.40. The molecule has 1 aromatic carbocycles. The topological polar surface area (TPSA) is 44.2 Å². The van der Waals surface area contributed by atoms with Crippen molar-refractivity contribution in [2.45, 2.75) is 0 Å². The fourth-order valence-electron chi connectivity index (χ4n) is 1.95. The van der Waals surface area contributed by atoms with Crippen LogP contribution in [0.15, 0.2) is 30.4 Å². The van der Waals surface area contributed by atoms with Crippen molar-refractivity contribution in [2.24, 2.45) is 0 Å². The van der Waals surface area contributed by atoms with Gasteiger partial charge >= 0.3 is 0 Å². The van der Waals surface area contributed by atoms with Crippen LogP contribution in [-0.2, 0) is 0 Å². The molecule has 4 nitrogen and oxygen atoms in total. The van der Waals surface area contributed by atoms with Crippen LogP contribution in [0.3, 0.4) is 0 Å². The molecular weight excluding hydrogens is 252 g/mol. The van der Waals surface area contributed by atoms with E-state index < -0.39 is 0 Å². The molecule has 0 spiro atoms. The van der Waals surface area contributed by atoms with Gasteiger partial charge in [-0.2, -0.15) is 0 Å². The van der Waals surface area contributed by atoms with Crippen LogP contribution < -0.4 is 9.47 Å². The number of nitrogens with zero attached hydrogens (tertiary/aromatic N) is 2. The molecular formula is C13H7ClN2O2. The standard InChI is InChI=1S/C13H7ClN2O2/c14-12-8-4-10-11(18-6-17-10)5-9(8)15-13(16-12)7-2-1-3-7/h1-5H,6H2. The van der Waals surface area contributed by atoms with Crippen LogP contribution >= 0.6 is 11.6 Å². The molecule has 5 heteroatoms. The highest BCUT2D eigenvalue weighted by Gasteiger charge is 2.18. The summed E-state index contributed by atoms with van der Waals surface area (Å²) in [5.41, 5.74) is 1.74. The molecule has 0 saturated carbocycles. The van der Waals surface area contributed by atoms with E-state index in [1.54, 1.807) is 0 Å². The van der Waals surface area contributed by atoms with Gasteiger partial charge in [-0.15, -0.1) is 0 Å². The molecule has 1 aliphatic heterocycles. The van der Waals surface area contributed by atoms with Gasteiger partial charge in [-0.3, -0.25) is 0 Å². The third kappa shape index (κ3) is 1.32. The maximum atomic E-state index is 6.19. The largest absolute Gasteiger partial charge is 0.454 e. The second kappa shape index (κ2) is 3.46. The Labute approximate surface area is 108 Å². The quantitative estimate of drug-likeness (QED) is 0.738. The normalized spacial score (nSPS) is 15.7. The van der Waals surface area contributed by atoms with Gasteiger partial charge in [-0.05, 0) is 6.07 Å². The van der Waals surface area contributed by atoms with Gasteiger partial charge in [0.2, 0.25) is 6.79 Å². The van der Waals surface area contributed by atoms with E-state index in [1.165, 1.54) is 0 Å². The summed E-state index contributed by atoms with van der Waals surface area (Å²) in [5, 5.41) is 1.20. The van der Waals surface area contributed by atoms with Crippen molar-refractivity contribution in [3.63, 3.8) is 0 Å². The number of hydrogen-bond acceptors (Lipinski definition) is 4. The first-order valence-corrected chi connectivity index (χ1v) is 5.85. The summed E-state index contributed by atoms with van der Waals surface area (Å²) in [4.78, 5) is 8.77. The highest BCUT2D eigenvalue weighted by Crippen LogP contribution is 2.37. The maximum absolute atomic E-state index is 6.19. The van der Waals surface area contributed by atoms with Crippen LogP contribution in [0.5, 0.6) is 11.5 Å². The van der Waals surface area contributed by atoms with Crippen molar-refractivity contribution in [1.82, 2.24) is 9.97 Å². The molecule has 88 valence electrons. The average Bonchev–Trinajstić information content (AvgIpc) is 2.71. The third-order valence-corrected chi connectivity index (χ3v) is 3.24. The molecule has 2 aromatic rings. The van der Waals surface area contributed by atoms with Crippen molar-refractivity contribution in [2.75, 3.05) is 6.79 Å². The first-order valence-electron chi connectivity index (χ1n) is 5.47. The van der Waals surface area contributed by atoms with Crippen LogP contribution in [0.2, 0.25) is 5.15 Å². The number of benzene rings is 1. The highest BCUT2D eigenvalue weighted by atomic mass is 35.5. The van der Waals surface area contributed by atoms with Gasteiger partial charge in [0, 0.05) is 17.0 Å². The Balaban J connectivity index is 1.97. The Morgan fingerprint density at radius 2 is 1.89 bits per heavy atom. The lowest BCUT2D eigenvalue weighted by molar-refractivity contribution is 0.174. The van der Waals surface area contributed by atoms with E-state index in [4.69, 9.17) is 21.1 Å². The predicted molar refractivity (Wildman–Crippen MR) is 67.8 cm³/mol. The number of allylic oxidation sites excluding steroid dienone is 4. The Morgan fingerprint density at radius 3 is 2.61 bits per heavy atom. The molecule has 0 radical (unpaired) electrons. The van der Waals surface area contributed by atoms with Crippen molar-refractivity contribution < 1.29 is 9.47 Å². The number of halogens is 1. The van der Waals surface area contributed by atoms with E-state index in [1.807, 2.05) is 30.4 Å². The minimum atomic E-state index is 0.234. The van der Waals surface area contributed by atoms with Gasteiger partial charge < -0.3 is 9.47 Å². The first-order chi connectivity index (χ1) is 8.81. The van der Waals surface area contributed by atoms with Crippen LogP contribution in [0.25, 0.3) is 16.5 Å². The molecule has 2 aliphatic rings. The van der Waals surface area contributed by atoms with Gasteiger partial charge in [0.05, 0.1) is 5.52 Å². The van der Waals surface area contributed by atoms with Crippen LogP contribution in [0.1, 0.15) is 5.82 Å².